The lowest BCUT2D eigenvalue weighted by Crippen LogP contribution is -2.06. The van der Waals surface area contributed by atoms with Gasteiger partial charge in [0.1, 0.15) is 0 Å². The van der Waals surface area contributed by atoms with Crippen molar-refractivity contribution < 1.29 is 0 Å². The van der Waals surface area contributed by atoms with Crippen LogP contribution in [0.2, 0.25) is 0 Å². The third kappa shape index (κ3) is 2.39. The Balaban J connectivity index is 1.81. The number of benzene rings is 1. The summed E-state index contributed by atoms with van der Waals surface area (Å²) in [5, 5.41) is 0. The van der Waals surface area contributed by atoms with E-state index in [1.54, 1.807) is 0 Å². The Hall–Kier alpha value is -0.670. The molecule has 0 aliphatic heterocycles. The molecule has 1 aliphatic rings. The molecule has 0 spiro atoms. The summed E-state index contributed by atoms with van der Waals surface area (Å²) in [5.74, 6) is 0.624. The van der Waals surface area contributed by atoms with E-state index in [1.165, 1.54) is 16.7 Å². The fourth-order valence-electron chi connectivity index (χ4n) is 2.67. The second-order valence-electron chi connectivity index (χ2n) is 4.78. The van der Waals surface area contributed by atoms with Crippen LogP contribution in [0.4, 0.5) is 0 Å². The zero-order chi connectivity index (χ0) is 12.5. The fraction of sp³-hybridized carbons (Fsp3) is 0.267. The molecule has 0 saturated heterocycles. The van der Waals surface area contributed by atoms with Gasteiger partial charge in [0, 0.05) is 21.7 Å². The lowest BCUT2D eigenvalue weighted by atomic mass is 9.98. The molecule has 0 N–H and O–H groups in total. The summed E-state index contributed by atoms with van der Waals surface area (Å²) in [6.45, 7) is 0. The maximum Gasteiger partial charge on any atom is 0.0432 e. The largest absolute Gasteiger partial charge is 0.263 e. The Bertz CT molecular complexity index is 568. The summed E-state index contributed by atoms with van der Waals surface area (Å²) < 4.78 is 1.06. The number of nitrogens with zero attached hydrogens (tertiary/aromatic N) is 1. The van der Waals surface area contributed by atoms with Crippen molar-refractivity contribution in [1.82, 2.24) is 4.98 Å². The van der Waals surface area contributed by atoms with Crippen molar-refractivity contribution in [3.63, 3.8) is 0 Å². The number of rotatable bonds is 2. The molecule has 0 bridgehead atoms. The molecule has 1 heterocycles. The molecule has 0 radical (unpaired) electrons. The third-order valence-electron chi connectivity index (χ3n) is 3.51. The zero-order valence-corrected chi connectivity index (χ0v) is 13.0. The van der Waals surface area contributed by atoms with Crippen LogP contribution in [0.5, 0.6) is 0 Å². The summed E-state index contributed by atoms with van der Waals surface area (Å²) in [7, 11) is 0. The fourth-order valence-corrected chi connectivity index (χ4v) is 3.91. The normalized spacial score (nSPS) is 21.9. The van der Waals surface area contributed by atoms with E-state index in [9.17, 15) is 0 Å². The maximum absolute atomic E-state index is 4.24. The lowest BCUT2D eigenvalue weighted by molar-refractivity contribution is 0.554. The Morgan fingerprint density at radius 3 is 2.83 bits per heavy atom. The van der Waals surface area contributed by atoms with Crippen LogP contribution in [0.1, 0.15) is 21.5 Å². The highest BCUT2D eigenvalue weighted by Crippen LogP contribution is 2.43. The zero-order valence-electron chi connectivity index (χ0n) is 9.81. The molecule has 2 aromatic rings. The van der Waals surface area contributed by atoms with Crippen LogP contribution >= 0.6 is 31.9 Å². The van der Waals surface area contributed by atoms with Gasteiger partial charge >= 0.3 is 0 Å². The van der Waals surface area contributed by atoms with E-state index < -0.39 is 0 Å². The highest BCUT2D eigenvalue weighted by molar-refractivity contribution is 9.10. The number of hydrogen-bond donors (Lipinski definition) is 0. The Labute approximate surface area is 124 Å². The first-order valence-electron chi connectivity index (χ1n) is 6.05. The van der Waals surface area contributed by atoms with E-state index in [-0.39, 0.29) is 0 Å². The minimum Gasteiger partial charge on any atom is -0.263 e. The lowest BCUT2D eigenvalue weighted by Gasteiger charge is -2.14. The van der Waals surface area contributed by atoms with Gasteiger partial charge in [-0.1, -0.05) is 40.2 Å². The molecule has 18 heavy (non-hydrogen) atoms. The summed E-state index contributed by atoms with van der Waals surface area (Å²) in [6, 6.07) is 10.9. The van der Waals surface area contributed by atoms with Crippen LogP contribution in [-0.4, -0.2) is 4.98 Å². The van der Waals surface area contributed by atoms with Gasteiger partial charge in [-0.2, -0.15) is 0 Å². The topological polar surface area (TPSA) is 12.9 Å². The number of fused-ring (bicyclic) bond motifs is 1. The Morgan fingerprint density at radius 2 is 2.06 bits per heavy atom. The van der Waals surface area contributed by atoms with Crippen molar-refractivity contribution in [1.29, 1.82) is 0 Å². The van der Waals surface area contributed by atoms with Gasteiger partial charge in [0.25, 0.3) is 0 Å². The Kier molecular flexibility index (Phi) is 3.53. The summed E-state index contributed by atoms with van der Waals surface area (Å²) >= 11 is 7.33. The number of aromatic nitrogens is 1. The molecule has 2 unspecified atom stereocenters. The first-order chi connectivity index (χ1) is 8.74. The van der Waals surface area contributed by atoms with E-state index in [0.717, 1.165) is 17.3 Å². The first kappa shape index (κ1) is 12.4. The minimum absolute atomic E-state index is 0.465. The number of halogens is 2. The molecule has 0 amide bonds. The van der Waals surface area contributed by atoms with Crippen molar-refractivity contribution >= 4 is 31.9 Å². The molecule has 92 valence electrons. The van der Waals surface area contributed by atoms with Gasteiger partial charge in [-0.25, -0.2) is 0 Å². The highest BCUT2D eigenvalue weighted by Gasteiger charge is 2.30. The number of pyridine rings is 1. The van der Waals surface area contributed by atoms with Gasteiger partial charge < -0.3 is 0 Å². The summed E-state index contributed by atoms with van der Waals surface area (Å²) in [4.78, 5) is 4.70. The van der Waals surface area contributed by atoms with Crippen LogP contribution in [0.25, 0.3) is 0 Å². The highest BCUT2D eigenvalue weighted by atomic mass is 79.9. The molecular formula is C15H13Br2N. The molecule has 2 atom stereocenters. The van der Waals surface area contributed by atoms with E-state index in [1.807, 2.05) is 12.4 Å². The molecule has 0 fully saturated rings. The molecule has 1 aromatic carbocycles. The smallest absolute Gasteiger partial charge is 0.0432 e. The number of hydrogen-bond acceptors (Lipinski definition) is 1. The van der Waals surface area contributed by atoms with Gasteiger partial charge in [0.05, 0.1) is 0 Å². The van der Waals surface area contributed by atoms with Gasteiger partial charge in [-0.05, 0) is 57.4 Å². The monoisotopic (exact) mass is 365 g/mol. The van der Waals surface area contributed by atoms with Crippen molar-refractivity contribution in [2.45, 2.75) is 17.7 Å². The molecule has 1 aliphatic carbocycles. The molecule has 1 nitrogen and oxygen atoms in total. The maximum atomic E-state index is 4.24. The van der Waals surface area contributed by atoms with Gasteiger partial charge in [0.2, 0.25) is 0 Å². The quantitative estimate of drug-likeness (QED) is 0.702. The second-order valence-corrected chi connectivity index (χ2v) is 6.68. The first-order valence-corrected chi connectivity index (χ1v) is 7.76. The summed E-state index contributed by atoms with van der Waals surface area (Å²) in [6.07, 6.45) is 6.02. The van der Waals surface area contributed by atoms with Crippen molar-refractivity contribution in [3.05, 3.63) is 63.9 Å². The molecule has 0 saturated carbocycles. The third-order valence-corrected chi connectivity index (χ3v) is 5.18. The van der Waals surface area contributed by atoms with Crippen molar-refractivity contribution in [2.75, 3.05) is 0 Å². The molecule has 3 heteroatoms. The summed E-state index contributed by atoms with van der Waals surface area (Å²) in [5.41, 5.74) is 4.23. The van der Waals surface area contributed by atoms with E-state index >= 15 is 0 Å². The average Bonchev–Trinajstić information content (AvgIpc) is 2.67. The minimum atomic E-state index is 0.465. The number of alkyl halides is 1. The second kappa shape index (κ2) is 5.14. The Morgan fingerprint density at radius 1 is 1.22 bits per heavy atom. The van der Waals surface area contributed by atoms with Crippen molar-refractivity contribution in [2.24, 2.45) is 5.92 Å². The van der Waals surface area contributed by atoms with Crippen LogP contribution in [0.3, 0.4) is 0 Å². The molecular weight excluding hydrogens is 354 g/mol. The van der Waals surface area contributed by atoms with Crippen LogP contribution in [0.15, 0.2) is 47.2 Å². The van der Waals surface area contributed by atoms with E-state index in [4.69, 9.17) is 0 Å². The van der Waals surface area contributed by atoms with E-state index in [0.29, 0.717) is 10.7 Å². The molecule has 1 aromatic heterocycles. The average molecular weight is 367 g/mol. The predicted octanol–water partition coefficient (Wildman–Crippen LogP) is 4.70. The van der Waals surface area contributed by atoms with Crippen LogP contribution < -0.4 is 0 Å². The van der Waals surface area contributed by atoms with E-state index in [2.05, 4.69) is 67.2 Å². The van der Waals surface area contributed by atoms with Crippen LogP contribution in [-0.2, 0) is 12.8 Å². The molecule has 3 rings (SSSR count). The van der Waals surface area contributed by atoms with Gasteiger partial charge in [0.15, 0.2) is 0 Å². The standard InChI is InChI=1S/C15H13Br2N/c16-13-6-10(8-18-9-13)5-12-7-11-3-1-2-4-14(11)15(12)17/h1-4,6,8-9,12,15H,5,7H2. The van der Waals surface area contributed by atoms with Gasteiger partial charge in [-0.3, -0.25) is 4.98 Å². The van der Waals surface area contributed by atoms with Gasteiger partial charge in [-0.15, -0.1) is 0 Å². The van der Waals surface area contributed by atoms with Crippen LogP contribution in [0, 0.1) is 5.92 Å². The predicted molar refractivity (Wildman–Crippen MR) is 80.9 cm³/mol. The SMILES string of the molecule is Brc1cncc(CC2Cc3ccccc3C2Br)c1. The van der Waals surface area contributed by atoms with Crippen molar-refractivity contribution in [3.8, 4) is 0 Å².